The normalized spacial score (nSPS) is 14.9. The lowest BCUT2D eigenvalue weighted by atomic mass is 9.98. The zero-order chi connectivity index (χ0) is 17.4. The third kappa shape index (κ3) is 5.67. The lowest BCUT2D eigenvalue weighted by Gasteiger charge is -2.28. The molecule has 0 saturated heterocycles. The molecule has 1 amide bonds. The Hall–Kier alpha value is -1.88. The number of nitrogens with one attached hydrogen (secondary N) is 1. The van der Waals surface area contributed by atoms with E-state index in [-0.39, 0.29) is 17.9 Å². The predicted molar refractivity (Wildman–Crippen MR) is 91.0 cm³/mol. The average Bonchev–Trinajstić information content (AvgIpc) is 2.56. The average molecular weight is 320 g/mol. The van der Waals surface area contributed by atoms with Gasteiger partial charge < -0.3 is 10.1 Å². The van der Waals surface area contributed by atoms with Gasteiger partial charge in [-0.3, -0.25) is 9.69 Å². The third-order valence-electron chi connectivity index (χ3n) is 4.16. The number of methoxy groups -OCH3 is 1. The molecule has 1 N–H and O–H groups in total. The summed E-state index contributed by atoms with van der Waals surface area (Å²) < 4.78 is 4.83. The highest BCUT2D eigenvalue weighted by Gasteiger charge is 2.30. The topological polar surface area (TPSA) is 58.6 Å². The molecule has 0 saturated carbocycles. The van der Waals surface area contributed by atoms with Gasteiger partial charge in [-0.15, -0.1) is 0 Å². The van der Waals surface area contributed by atoms with Crippen molar-refractivity contribution in [3.63, 3.8) is 0 Å². The highest BCUT2D eigenvalue weighted by molar-refractivity contribution is 5.87. The second-order valence-corrected chi connectivity index (χ2v) is 6.06. The smallest absolute Gasteiger partial charge is 0.328 e. The predicted octanol–water partition coefficient (Wildman–Crippen LogP) is 1.86. The van der Waals surface area contributed by atoms with Crippen molar-refractivity contribution in [2.75, 3.05) is 21.2 Å². The molecule has 1 aromatic rings. The third-order valence-corrected chi connectivity index (χ3v) is 4.16. The van der Waals surface area contributed by atoms with E-state index in [2.05, 4.69) is 5.32 Å². The van der Waals surface area contributed by atoms with Crippen molar-refractivity contribution >= 4 is 11.9 Å². The van der Waals surface area contributed by atoms with Crippen molar-refractivity contribution in [3.05, 3.63) is 35.9 Å². The van der Waals surface area contributed by atoms with Gasteiger partial charge in [0.1, 0.15) is 6.04 Å². The molecule has 0 spiro atoms. The van der Waals surface area contributed by atoms with Gasteiger partial charge in [-0.05, 0) is 32.0 Å². The molecule has 0 unspecified atom stereocenters. The molecule has 0 radical (unpaired) electrons. The molecule has 128 valence electrons. The number of amides is 1. The number of ether oxygens (including phenoxy) is 1. The van der Waals surface area contributed by atoms with E-state index in [1.54, 1.807) is 0 Å². The van der Waals surface area contributed by atoms with Crippen LogP contribution in [-0.4, -0.2) is 50.1 Å². The van der Waals surface area contributed by atoms with E-state index in [1.807, 2.05) is 63.2 Å². The quantitative estimate of drug-likeness (QED) is 0.743. The fourth-order valence-corrected chi connectivity index (χ4v) is 2.39. The molecular formula is C18H28N2O3. The number of esters is 1. The molecule has 0 aliphatic rings. The summed E-state index contributed by atoms with van der Waals surface area (Å²) in [6.07, 6.45) is 1.37. The zero-order valence-corrected chi connectivity index (χ0v) is 14.7. The molecule has 5 nitrogen and oxygen atoms in total. The standard InChI is InChI=1S/C18H28N2O3/c1-6-13(2)16(18(22)23-5)19-17(21)15(20(3)4)12-14-10-8-7-9-11-14/h7-11,13,15-16H,6,12H2,1-5H3,(H,19,21)/t13-,15+,16-/m0/s1. The van der Waals surface area contributed by atoms with Gasteiger partial charge in [0.15, 0.2) is 0 Å². The van der Waals surface area contributed by atoms with Crippen LogP contribution in [-0.2, 0) is 20.7 Å². The van der Waals surface area contributed by atoms with Crippen LogP contribution in [0, 0.1) is 5.92 Å². The summed E-state index contributed by atoms with van der Waals surface area (Å²) in [5, 5.41) is 2.86. The summed E-state index contributed by atoms with van der Waals surface area (Å²) >= 11 is 0. The largest absolute Gasteiger partial charge is 0.467 e. The Bertz CT molecular complexity index is 502. The minimum Gasteiger partial charge on any atom is -0.467 e. The van der Waals surface area contributed by atoms with E-state index in [9.17, 15) is 9.59 Å². The number of nitrogens with zero attached hydrogens (tertiary/aromatic N) is 1. The van der Waals surface area contributed by atoms with Crippen molar-refractivity contribution in [1.82, 2.24) is 10.2 Å². The van der Waals surface area contributed by atoms with Crippen molar-refractivity contribution in [2.45, 2.75) is 38.8 Å². The van der Waals surface area contributed by atoms with Crippen LogP contribution in [0.4, 0.5) is 0 Å². The summed E-state index contributed by atoms with van der Waals surface area (Å²) in [5.41, 5.74) is 1.08. The first-order chi connectivity index (χ1) is 10.9. The Morgan fingerprint density at radius 1 is 1.22 bits per heavy atom. The van der Waals surface area contributed by atoms with Gasteiger partial charge in [0.2, 0.25) is 5.91 Å². The summed E-state index contributed by atoms with van der Waals surface area (Å²) in [6.45, 7) is 3.92. The fourth-order valence-electron chi connectivity index (χ4n) is 2.39. The van der Waals surface area contributed by atoms with Gasteiger partial charge in [-0.25, -0.2) is 4.79 Å². The SMILES string of the molecule is CC[C@H](C)[C@H](NC(=O)[C@@H](Cc1ccccc1)N(C)C)C(=O)OC. The molecule has 0 aliphatic carbocycles. The maximum Gasteiger partial charge on any atom is 0.328 e. The summed E-state index contributed by atoms with van der Waals surface area (Å²) in [6, 6.07) is 8.90. The Kier molecular flexibility index (Phi) is 7.75. The van der Waals surface area contributed by atoms with Gasteiger partial charge in [0.05, 0.1) is 13.2 Å². The number of hydrogen-bond donors (Lipinski definition) is 1. The van der Waals surface area contributed by atoms with Gasteiger partial charge in [-0.2, -0.15) is 0 Å². The number of hydrogen-bond acceptors (Lipinski definition) is 4. The number of benzene rings is 1. The van der Waals surface area contributed by atoms with E-state index in [4.69, 9.17) is 4.74 Å². The summed E-state index contributed by atoms with van der Waals surface area (Å²) in [7, 11) is 5.07. The van der Waals surface area contributed by atoms with Crippen molar-refractivity contribution in [1.29, 1.82) is 0 Å². The van der Waals surface area contributed by atoms with Crippen LogP contribution in [0.3, 0.4) is 0 Å². The Morgan fingerprint density at radius 2 is 1.83 bits per heavy atom. The molecule has 0 heterocycles. The summed E-state index contributed by atoms with van der Waals surface area (Å²) in [4.78, 5) is 26.5. The number of rotatable bonds is 8. The van der Waals surface area contributed by atoms with Gasteiger partial charge in [0.25, 0.3) is 0 Å². The fraction of sp³-hybridized carbons (Fsp3) is 0.556. The van der Waals surface area contributed by atoms with E-state index < -0.39 is 12.0 Å². The first-order valence-corrected chi connectivity index (χ1v) is 7.99. The molecule has 3 atom stereocenters. The van der Waals surface area contributed by atoms with Crippen molar-refractivity contribution in [3.8, 4) is 0 Å². The molecule has 23 heavy (non-hydrogen) atoms. The van der Waals surface area contributed by atoms with E-state index in [0.717, 1.165) is 12.0 Å². The minimum atomic E-state index is -0.615. The Labute approximate surface area is 139 Å². The molecule has 1 rings (SSSR count). The van der Waals surface area contributed by atoms with Crippen LogP contribution in [0.1, 0.15) is 25.8 Å². The van der Waals surface area contributed by atoms with E-state index >= 15 is 0 Å². The number of likely N-dealkylation sites (N-methyl/N-ethyl adjacent to an activating group) is 1. The molecule has 5 heteroatoms. The van der Waals surface area contributed by atoms with Gasteiger partial charge in [0, 0.05) is 0 Å². The molecule has 1 aromatic carbocycles. The second kappa shape index (κ2) is 9.30. The van der Waals surface area contributed by atoms with E-state index in [0.29, 0.717) is 6.42 Å². The maximum absolute atomic E-state index is 12.7. The monoisotopic (exact) mass is 320 g/mol. The van der Waals surface area contributed by atoms with Crippen molar-refractivity contribution in [2.24, 2.45) is 5.92 Å². The lowest BCUT2D eigenvalue weighted by Crippen LogP contribution is -2.53. The van der Waals surface area contributed by atoms with Crippen molar-refractivity contribution < 1.29 is 14.3 Å². The number of carbonyl (C=O) groups is 2. The lowest BCUT2D eigenvalue weighted by molar-refractivity contribution is -0.147. The van der Waals surface area contributed by atoms with E-state index in [1.165, 1.54) is 7.11 Å². The molecule has 0 aliphatic heterocycles. The molecule has 0 bridgehead atoms. The highest BCUT2D eigenvalue weighted by Crippen LogP contribution is 2.12. The maximum atomic E-state index is 12.7. The number of carbonyl (C=O) groups excluding carboxylic acids is 2. The first-order valence-electron chi connectivity index (χ1n) is 7.99. The summed E-state index contributed by atoms with van der Waals surface area (Å²) in [5.74, 6) is -0.537. The van der Waals surface area contributed by atoms with Gasteiger partial charge >= 0.3 is 5.97 Å². The van der Waals surface area contributed by atoms with Crippen LogP contribution in [0.25, 0.3) is 0 Å². The zero-order valence-electron chi connectivity index (χ0n) is 14.7. The van der Waals surface area contributed by atoms with Crippen LogP contribution >= 0.6 is 0 Å². The molecule has 0 aromatic heterocycles. The van der Waals surface area contributed by atoms with Gasteiger partial charge in [-0.1, -0.05) is 50.6 Å². The minimum absolute atomic E-state index is 0.0194. The highest BCUT2D eigenvalue weighted by atomic mass is 16.5. The molecule has 0 fully saturated rings. The Morgan fingerprint density at radius 3 is 2.30 bits per heavy atom. The van der Waals surface area contributed by atoms with Crippen LogP contribution < -0.4 is 5.32 Å². The Balaban J connectivity index is 2.85. The van der Waals surface area contributed by atoms with Crippen LogP contribution in [0.15, 0.2) is 30.3 Å². The van der Waals surface area contributed by atoms with Crippen LogP contribution in [0.5, 0.6) is 0 Å². The first kappa shape index (κ1) is 19.2. The second-order valence-electron chi connectivity index (χ2n) is 6.06. The van der Waals surface area contributed by atoms with Crippen LogP contribution in [0.2, 0.25) is 0 Å². The molecular weight excluding hydrogens is 292 g/mol.